The number of carbonyl (C=O) groups excluding carboxylic acids is 1. The number of hydrogen-bond acceptors (Lipinski definition) is 4. The molecular formula is C23H19Cl2F3N2O4S. The molecule has 35 heavy (non-hydrogen) atoms. The third kappa shape index (κ3) is 6.26. The highest BCUT2D eigenvalue weighted by Crippen LogP contribution is 2.36. The average Bonchev–Trinajstić information content (AvgIpc) is 2.79. The van der Waals surface area contributed by atoms with Crippen molar-refractivity contribution in [2.75, 3.05) is 19.5 Å². The summed E-state index contributed by atoms with van der Waals surface area (Å²) in [5.41, 5.74) is -0.734. The summed E-state index contributed by atoms with van der Waals surface area (Å²) in [6.07, 6.45) is -4.69. The number of amides is 1. The predicted molar refractivity (Wildman–Crippen MR) is 128 cm³/mol. The van der Waals surface area contributed by atoms with E-state index in [2.05, 4.69) is 5.32 Å². The number of sulfonamides is 1. The number of alkyl halides is 3. The largest absolute Gasteiger partial charge is 0.496 e. The standard InChI is InChI=1S/C23H19Cl2F3N2O4S/c1-30(35(32,33)18-7-4-16(24)5-8-18)13-15-11-14(3-10-21(15)34-2)22(31)29-17-6-9-20(25)19(12-17)23(26,27)28/h3-12H,13H2,1-2H3,(H,29,31). The first kappa shape index (κ1) is 26.8. The van der Waals surface area contributed by atoms with Crippen LogP contribution in [0, 0.1) is 0 Å². The zero-order chi connectivity index (χ0) is 26.0. The van der Waals surface area contributed by atoms with Crippen LogP contribution in [0.5, 0.6) is 5.75 Å². The van der Waals surface area contributed by atoms with Crippen molar-refractivity contribution in [3.05, 3.63) is 87.4 Å². The van der Waals surface area contributed by atoms with Crippen molar-refractivity contribution in [2.45, 2.75) is 17.6 Å². The maximum Gasteiger partial charge on any atom is 0.417 e. The highest BCUT2D eigenvalue weighted by Gasteiger charge is 2.33. The Morgan fingerprint density at radius 3 is 2.29 bits per heavy atom. The molecule has 3 aromatic rings. The van der Waals surface area contributed by atoms with Gasteiger partial charge in [0.1, 0.15) is 5.75 Å². The maximum absolute atomic E-state index is 13.1. The van der Waals surface area contributed by atoms with Gasteiger partial charge in [0.2, 0.25) is 10.0 Å². The van der Waals surface area contributed by atoms with E-state index in [1.54, 1.807) is 0 Å². The molecule has 0 atom stereocenters. The molecule has 3 aromatic carbocycles. The van der Waals surface area contributed by atoms with E-state index >= 15 is 0 Å². The monoisotopic (exact) mass is 546 g/mol. The molecule has 186 valence electrons. The Morgan fingerprint density at radius 2 is 1.69 bits per heavy atom. The van der Waals surface area contributed by atoms with Crippen molar-refractivity contribution in [2.24, 2.45) is 0 Å². The first-order valence-electron chi connectivity index (χ1n) is 9.90. The normalized spacial score (nSPS) is 12.0. The van der Waals surface area contributed by atoms with Gasteiger partial charge in [-0.3, -0.25) is 4.79 Å². The van der Waals surface area contributed by atoms with Crippen molar-refractivity contribution < 1.29 is 31.1 Å². The molecule has 0 aliphatic heterocycles. The molecule has 0 aliphatic carbocycles. The number of benzene rings is 3. The van der Waals surface area contributed by atoms with E-state index in [0.717, 1.165) is 16.4 Å². The van der Waals surface area contributed by atoms with Crippen molar-refractivity contribution >= 4 is 44.8 Å². The number of rotatable bonds is 7. The molecule has 0 fully saturated rings. The van der Waals surface area contributed by atoms with Crippen LogP contribution in [-0.2, 0) is 22.7 Å². The molecule has 3 rings (SSSR count). The van der Waals surface area contributed by atoms with E-state index in [4.69, 9.17) is 27.9 Å². The van der Waals surface area contributed by atoms with E-state index in [0.29, 0.717) is 16.3 Å². The van der Waals surface area contributed by atoms with Gasteiger partial charge in [-0.05, 0) is 60.7 Å². The summed E-state index contributed by atoms with van der Waals surface area (Å²) in [6, 6.07) is 12.9. The number of nitrogens with one attached hydrogen (secondary N) is 1. The Kier molecular flexibility index (Phi) is 8.00. The second-order valence-corrected chi connectivity index (χ2v) is 10.3. The van der Waals surface area contributed by atoms with Crippen molar-refractivity contribution in [3.63, 3.8) is 0 Å². The first-order valence-corrected chi connectivity index (χ1v) is 12.1. The second kappa shape index (κ2) is 10.4. The Balaban J connectivity index is 1.86. The van der Waals surface area contributed by atoms with Crippen LogP contribution < -0.4 is 10.1 Å². The SMILES string of the molecule is COc1ccc(C(=O)Nc2ccc(Cl)c(C(F)(F)F)c2)cc1CN(C)S(=O)(=O)c1ccc(Cl)cc1. The van der Waals surface area contributed by atoms with Gasteiger partial charge in [-0.15, -0.1) is 0 Å². The summed E-state index contributed by atoms with van der Waals surface area (Å²) in [5.74, 6) is -0.377. The lowest BCUT2D eigenvalue weighted by molar-refractivity contribution is -0.137. The second-order valence-electron chi connectivity index (χ2n) is 7.39. The summed E-state index contributed by atoms with van der Waals surface area (Å²) >= 11 is 11.4. The molecule has 0 unspecified atom stereocenters. The fraction of sp³-hybridized carbons (Fsp3) is 0.174. The maximum atomic E-state index is 13.1. The first-order chi connectivity index (χ1) is 16.3. The minimum absolute atomic E-state index is 0.0282. The van der Waals surface area contributed by atoms with Gasteiger partial charge in [-0.25, -0.2) is 8.42 Å². The number of nitrogens with zero attached hydrogens (tertiary/aromatic N) is 1. The quantitative estimate of drug-likeness (QED) is 0.388. The topological polar surface area (TPSA) is 75.7 Å². The van der Waals surface area contributed by atoms with Gasteiger partial charge in [-0.2, -0.15) is 17.5 Å². The molecule has 0 saturated carbocycles. The molecule has 0 spiro atoms. The van der Waals surface area contributed by atoms with E-state index in [1.165, 1.54) is 62.7 Å². The zero-order valence-electron chi connectivity index (χ0n) is 18.4. The van der Waals surface area contributed by atoms with Gasteiger partial charge < -0.3 is 10.1 Å². The van der Waals surface area contributed by atoms with E-state index in [-0.39, 0.29) is 22.7 Å². The Hall–Kier alpha value is -2.79. The Labute approximate surface area is 210 Å². The van der Waals surface area contributed by atoms with Gasteiger partial charge in [0.25, 0.3) is 5.91 Å². The van der Waals surface area contributed by atoms with Crippen LogP contribution in [0.2, 0.25) is 10.0 Å². The molecule has 0 aliphatic rings. The summed E-state index contributed by atoms with van der Waals surface area (Å²) in [7, 11) is -1.13. The number of halogens is 5. The van der Waals surface area contributed by atoms with Crippen LogP contribution >= 0.6 is 23.2 Å². The third-order valence-corrected chi connectivity index (χ3v) is 7.39. The van der Waals surface area contributed by atoms with Crippen molar-refractivity contribution in [1.29, 1.82) is 0 Å². The average molecular weight is 547 g/mol. The summed E-state index contributed by atoms with van der Waals surface area (Å²) in [4.78, 5) is 12.8. The lowest BCUT2D eigenvalue weighted by atomic mass is 10.1. The van der Waals surface area contributed by atoms with Crippen molar-refractivity contribution in [3.8, 4) is 5.75 Å². The highest BCUT2D eigenvalue weighted by molar-refractivity contribution is 7.89. The number of hydrogen-bond donors (Lipinski definition) is 1. The van der Waals surface area contributed by atoms with Crippen LogP contribution in [0.15, 0.2) is 65.6 Å². The minimum Gasteiger partial charge on any atom is -0.496 e. The van der Waals surface area contributed by atoms with Gasteiger partial charge in [0.15, 0.2) is 0 Å². The summed E-state index contributed by atoms with van der Waals surface area (Å²) < 4.78 is 71.5. The van der Waals surface area contributed by atoms with Crippen LogP contribution in [0.4, 0.5) is 18.9 Å². The van der Waals surface area contributed by atoms with Gasteiger partial charge >= 0.3 is 6.18 Å². The highest BCUT2D eigenvalue weighted by atomic mass is 35.5. The molecule has 0 heterocycles. The molecule has 12 heteroatoms. The lowest BCUT2D eigenvalue weighted by Crippen LogP contribution is -2.27. The van der Waals surface area contributed by atoms with Gasteiger partial charge in [0.05, 0.1) is 22.6 Å². The Morgan fingerprint density at radius 1 is 1.03 bits per heavy atom. The summed E-state index contributed by atoms with van der Waals surface area (Å²) in [5, 5.41) is 2.29. The molecule has 0 radical (unpaired) electrons. The molecule has 1 N–H and O–H groups in total. The smallest absolute Gasteiger partial charge is 0.417 e. The third-order valence-electron chi connectivity index (χ3n) is 4.99. The number of methoxy groups -OCH3 is 1. The fourth-order valence-corrected chi connectivity index (χ4v) is 4.68. The number of anilines is 1. The molecule has 0 bridgehead atoms. The Bertz CT molecular complexity index is 1350. The lowest BCUT2D eigenvalue weighted by Gasteiger charge is -2.19. The van der Waals surface area contributed by atoms with Crippen molar-refractivity contribution in [1.82, 2.24) is 4.31 Å². The zero-order valence-corrected chi connectivity index (χ0v) is 20.7. The predicted octanol–water partition coefficient (Wildman–Crippen LogP) is 6.09. The molecule has 6 nitrogen and oxygen atoms in total. The van der Waals surface area contributed by atoms with Gasteiger partial charge in [-0.1, -0.05) is 23.2 Å². The van der Waals surface area contributed by atoms with Gasteiger partial charge in [0, 0.05) is 35.4 Å². The molecule has 0 saturated heterocycles. The van der Waals surface area contributed by atoms with Crippen LogP contribution in [-0.4, -0.2) is 32.8 Å². The van der Waals surface area contributed by atoms with Crippen LogP contribution in [0.25, 0.3) is 0 Å². The van der Waals surface area contributed by atoms with Crippen LogP contribution in [0.3, 0.4) is 0 Å². The molecule has 1 amide bonds. The van der Waals surface area contributed by atoms with Crippen LogP contribution in [0.1, 0.15) is 21.5 Å². The van der Waals surface area contributed by atoms with E-state index in [9.17, 15) is 26.4 Å². The summed E-state index contributed by atoms with van der Waals surface area (Å²) in [6.45, 7) is -0.144. The molecular weight excluding hydrogens is 528 g/mol. The van der Waals surface area contributed by atoms with E-state index < -0.39 is 32.7 Å². The molecule has 0 aromatic heterocycles. The fourth-order valence-electron chi connectivity index (χ4n) is 3.18. The minimum atomic E-state index is -4.69. The number of ether oxygens (including phenoxy) is 1. The number of carbonyl (C=O) groups is 1. The van der Waals surface area contributed by atoms with E-state index in [1.807, 2.05) is 0 Å².